The monoisotopic (exact) mass is 548 g/mol. The molecule has 1 unspecified atom stereocenters. The molecule has 0 fully saturated rings. The first-order valence-corrected chi connectivity index (χ1v) is 13.1. The number of benzene rings is 2. The molecule has 208 valence electrons. The van der Waals surface area contributed by atoms with Crippen LogP contribution >= 0.6 is 0 Å². The molecule has 3 heterocycles. The molecule has 2 aromatic heterocycles. The van der Waals surface area contributed by atoms with Crippen molar-refractivity contribution in [3.8, 4) is 28.1 Å². The van der Waals surface area contributed by atoms with Gasteiger partial charge in [0.05, 0.1) is 24.8 Å². The number of halogens is 2. The molecule has 1 aliphatic rings. The van der Waals surface area contributed by atoms with Crippen molar-refractivity contribution in [3.63, 3.8) is 0 Å². The zero-order chi connectivity index (χ0) is 28.4. The van der Waals surface area contributed by atoms with Gasteiger partial charge in [0.15, 0.2) is 0 Å². The van der Waals surface area contributed by atoms with E-state index in [9.17, 15) is 23.8 Å². The molecule has 1 aliphatic heterocycles. The minimum atomic E-state index is -1.05. The molecule has 4 aromatic rings. The Morgan fingerprint density at radius 2 is 1.68 bits per heavy atom. The number of nitrogens with zero attached hydrogens (tertiary/aromatic N) is 4. The number of hydrogen-bond donors (Lipinski definition) is 2. The van der Waals surface area contributed by atoms with Crippen molar-refractivity contribution in [3.05, 3.63) is 89.4 Å². The molecule has 2 aromatic carbocycles. The predicted molar refractivity (Wildman–Crippen MR) is 145 cm³/mol. The van der Waals surface area contributed by atoms with Crippen LogP contribution in [-0.2, 0) is 13.2 Å². The van der Waals surface area contributed by atoms with Crippen molar-refractivity contribution < 1.29 is 28.5 Å². The maximum absolute atomic E-state index is 14.6. The van der Waals surface area contributed by atoms with Gasteiger partial charge in [-0.3, -0.25) is 14.5 Å². The SMILES string of the molecule is CC(C)c1cc(F)c(COc2ccc(-c3c(-c4ccncc4)nn4c3C(=O)N(CC(O)CO)CC4)cc2)c(F)c1. The first-order valence-electron chi connectivity index (χ1n) is 13.1. The molecule has 0 aliphatic carbocycles. The highest BCUT2D eigenvalue weighted by Crippen LogP contribution is 2.37. The molecule has 40 heavy (non-hydrogen) atoms. The lowest BCUT2D eigenvalue weighted by molar-refractivity contribution is 0.0406. The summed E-state index contributed by atoms with van der Waals surface area (Å²) in [6.45, 7) is 3.78. The number of fused-ring (bicyclic) bond motifs is 1. The van der Waals surface area contributed by atoms with E-state index in [4.69, 9.17) is 9.84 Å². The average Bonchev–Trinajstić information content (AvgIpc) is 3.35. The van der Waals surface area contributed by atoms with Gasteiger partial charge in [-0.2, -0.15) is 5.10 Å². The maximum Gasteiger partial charge on any atom is 0.272 e. The van der Waals surface area contributed by atoms with Gasteiger partial charge < -0.3 is 19.8 Å². The predicted octanol–water partition coefficient (Wildman–Crippen LogP) is 4.40. The summed E-state index contributed by atoms with van der Waals surface area (Å²) >= 11 is 0. The number of rotatable bonds is 9. The van der Waals surface area contributed by atoms with E-state index in [1.165, 1.54) is 17.0 Å². The zero-order valence-corrected chi connectivity index (χ0v) is 22.2. The molecule has 0 saturated carbocycles. The second-order valence-corrected chi connectivity index (χ2v) is 10.0. The Kier molecular flexibility index (Phi) is 7.90. The number of ether oxygens (including phenoxy) is 1. The second kappa shape index (κ2) is 11.5. The zero-order valence-electron chi connectivity index (χ0n) is 22.2. The minimum Gasteiger partial charge on any atom is -0.489 e. The molecule has 10 heteroatoms. The third kappa shape index (κ3) is 5.45. The van der Waals surface area contributed by atoms with Gasteiger partial charge in [0.2, 0.25) is 0 Å². The standard InChI is InChI=1S/C30H30F2N4O4/c1-18(2)21-13-25(31)24(26(32)14-21)17-40-23-5-3-19(4-6-23)27-28(20-7-9-33-10-8-20)34-36-12-11-35(15-22(38)16-37)30(39)29(27)36/h3-10,13-14,18,22,37-38H,11-12,15-17H2,1-2H3. The van der Waals surface area contributed by atoms with Crippen molar-refractivity contribution >= 4 is 5.91 Å². The number of amides is 1. The van der Waals surface area contributed by atoms with Crippen molar-refractivity contribution in [2.75, 3.05) is 19.7 Å². The normalized spacial score (nSPS) is 14.0. The van der Waals surface area contributed by atoms with Crippen LogP contribution in [0.25, 0.3) is 22.4 Å². The molecule has 2 N–H and O–H groups in total. The second-order valence-electron chi connectivity index (χ2n) is 10.0. The highest BCUT2D eigenvalue weighted by molar-refractivity contribution is 6.03. The van der Waals surface area contributed by atoms with Crippen LogP contribution < -0.4 is 4.74 Å². The van der Waals surface area contributed by atoms with Gasteiger partial charge in [0.25, 0.3) is 5.91 Å². The summed E-state index contributed by atoms with van der Waals surface area (Å²) in [6.07, 6.45) is 2.24. The lowest BCUT2D eigenvalue weighted by Crippen LogP contribution is -2.45. The third-order valence-corrected chi connectivity index (χ3v) is 6.98. The van der Waals surface area contributed by atoms with Gasteiger partial charge in [-0.05, 0) is 53.4 Å². The molecule has 0 bridgehead atoms. The fourth-order valence-electron chi connectivity index (χ4n) is 4.75. The Hall–Kier alpha value is -4.15. The van der Waals surface area contributed by atoms with Gasteiger partial charge in [-0.15, -0.1) is 0 Å². The highest BCUT2D eigenvalue weighted by Gasteiger charge is 2.33. The number of pyridine rings is 1. The van der Waals surface area contributed by atoms with Crippen LogP contribution in [0.2, 0.25) is 0 Å². The minimum absolute atomic E-state index is 0.00257. The van der Waals surface area contributed by atoms with Crippen LogP contribution in [0.5, 0.6) is 5.75 Å². The van der Waals surface area contributed by atoms with E-state index < -0.39 is 24.3 Å². The van der Waals surface area contributed by atoms with Gasteiger partial charge in [-0.1, -0.05) is 26.0 Å². The Labute approximate surface area is 230 Å². The summed E-state index contributed by atoms with van der Waals surface area (Å²) in [7, 11) is 0. The molecular weight excluding hydrogens is 518 g/mol. The summed E-state index contributed by atoms with van der Waals surface area (Å²) in [5.74, 6) is -1.21. The number of carbonyl (C=O) groups excluding carboxylic acids is 1. The summed E-state index contributed by atoms with van der Waals surface area (Å²) in [6, 6.07) is 13.2. The lowest BCUT2D eigenvalue weighted by atomic mass is 9.98. The summed E-state index contributed by atoms with van der Waals surface area (Å²) in [5.41, 5.74) is 3.47. The van der Waals surface area contributed by atoms with Crippen LogP contribution in [-0.4, -0.2) is 61.6 Å². The van der Waals surface area contributed by atoms with Crippen LogP contribution in [0.3, 0.4) is 0 Å². The van der Waals surface area contributed by atoms with Gasteiger partial charge >= 0.3 is 0 Å². The van der Waals surface area contributed by atoms with E-state index in [-0.39, 0.29) is 30.5 Å². The van der Waals surface area contributed by atoms with Crippen LogP contribution in [0.15, 0.2) is 60.9 Å². The topological polar surface area (TPSA) is 101 Å². The van der Waals surface area contributed by atoms with E-state index in [2.05, 4.69) is 4.98 Å². The van der Waals surface area contributed by atoms with Gasteiger partial charge in [0, 0.05) is 36.6 Å². The van der Waals surface area contributed by atoms with Crippen LogP contribution in [0, 0.1) is 11.6 Å². The van der Waals surface area contributed by atoms with Crippen molar-refractivity contribution in [1.29, 1.82) is 0 Å². The highest BCUT2D eigenvalue weighted by atomic mass is 19.1. The molecule has 8 nitrogen and oxygen atoms in total. The van der Waals surface area contributed by atoms with E-state index in [0.29, 0.717) is 46.9 Å². The molecule has 0 radical (unpaired) electrons. The number of aromatic nitrogens is 3. The molecule has 5 rings (SSSR count). The average molecular weight is 549 g/mol. The van der Waals surface area contributed by atoms with Crippen molar-refractivity contribution in [2.45, 2.75) is 39.0 Å². The quantitative estimate of drug-likeness (QED) is 0.322. The summed E-state index contributed by atoms with van der Waals surface area (Å²) < 4.78 is 36.5. The van der Waals surface area contributed by atoms with Gasteiger partial charge in [0.1, 0.15) is 35.4 Å². The fraction of sp³-hybridized carbons (Fsp3) is 0.300. The van der Waals surface area contributed by atoms with Crippen molar-refractivity contribution in [2.24, 2.45) is 0 Å². The Bertz CT molecular complexity index is 1480. The smallest absolute Gasteiger partial charge is 0.272 e. The molecular formula is C30H30F2N4O4. The molecule has 0 spiro atoms. The Morgan fingerprint density at radius 3 is 2.30 bits per heavy atom. The number of hydrogen-bond acceptors (Lipinski definition) is 6. The Balaban J connectivity index is 1.46. The third-order valence-electron chi connectivity index (χ3n) is 6.98. The first kappa shape index (κ1) is 27.4. The number of aliphatic hydroxyl groups is 2. The summed E-state index contributed by atoms with van der Waals surface area (Å²) in [5, 5.41) is 24.0. The van der Waals surface area contributed by atoms with E-state index in [0.717, 1.165) is 5.56 Å². The summed E-state index contributed by atoms with van der Waals surface area (Å²) in [4.78, 5) is 19.1. The lowest BCUT2D eigenvalue weighted by Gasteiger charge is -2.29. The van der Waals surface area contributed by atoms with Crippen molar-refractivity contribution in [1.82, 2.24) is 19.7 Å². The number of carbonyl (C=O) groups is 1. The maximum atomic E-state index is 14.6. The van der Waals surface area contributed by atoms with Gasteiger partial charge in [-0.25, -0.2) is 8.78 Å². The van der Waals surface area contributed by atoms with E-state index >= 15 is 0 Å². The number of aliphatic hydroxyl groups excluding tert-OH is 2. The molecule has 1 amide bonds. The van der Waals surface area contributed by atoms with Crippen LogP contribution in [0.1, 0.15) is 41.4 Å². The fourth-order valence-corrected chi connectivity index (χ4v) is 4.75. The molecule has 0 saturated heterocycles. The van der Waals surface area contributed by atoms with E-state index in [1.54, 1.807) is 53.5 Å². The Morgan fingerprint density at radius 1 is 1.00 bits per heavy atom. The van der Waals surface area contributed by atoms with Crippen LogP contribution in [0.4, 0.5) is 8.78 Å². The largest absolute Gasteiger partial charge is 0.489 e. The molecule has 1 atom stereocenters. The van der Waals surface area contributed by atoms with E-state index in [1.807, 2.05) is 13.8 Å². The first-order chi connectivity index (χ1) is 19.3. The number of β-amino-alcohol motifs (C(OH)–C–C–N with tert-alkyl or cyclic N) is 1.